The fourth-order valence-corrected chi connectivity index (χ4v) is 2.96. The molecule has 0 aliphatic carbocycles. The second kappa shape index (κ2) is 17.5. The molecule has 0 amide bonds. The fraction of sp³-hybridized carbons (Fsp3) is 0.824. The van der Waals surface area contributed by atoms with Crippen LogP contribution in [0.2, 0.25) is 0 Å². The summed E-state index contributed by atoms with van der Waals surface area (Å²) in [5, 5.41) is 8.49. The van der Waals surface area contributed by atoms with Gasteiger partial charge in [-0.3, -0.25) is 9.18 Å². The van der Waals surface area contributed by atoms with Gasteiger partial charge in [-0.15, -0.1) is 0 Å². The van der Waals surface area contributed by atoms with Gasteiger partial charge >= 0.3 is 5.97 Å². The van der Waals surface area contributed by atoms with Gasteiger partial charge in [0, 0.05) is 5.75 Å². The molecule has 0 atom stereocenters. The molecule has 0 aromatic heterocycles. The lowest BCUT2D eigenvalue weighted by Crippen LogP contribution is -1.96. The summed E-state index contributed by atoms with van der Waals surface area (Å²) in [6, 6.07) is 0. The standard InChI is InChI=1S/C17H31FO2S/c18-14-11-9-7-5-3-1-2-4-6-8-10-12-15-21-16-13-17(19)20/h4,6H,1-3,5,7-16H2,(H,19,20)/b6-4-/i18-1. The number of rotatable bonds is 16. The molecule has 0 aliphatic heterocycles. The minimum absolute atomic E-state index is 0.166. The quantitative estimate of drug-likeness (QED) is 0.296. The first-order chi connectivity index (χ1) is 10.3. The number of hydrogen-bond acceptors (Lipinski definition) is 2. The maximum Gasteiger partial charge on any atom is 0.304 e. The van der Waals surface area contributed by atoms with Gasteiger partial charge in [0.25, 0.3) is 0 Å². The molecule has 4 heteroatoms. The Morgan fingerprint density at radius 1 is 0.857 bits per heavy atom. The van der Waals surface area contributed by atoms with Gasteiger partial charge in [0.05, 0.1) is 13.1 Å². The second-order valence-electron chi connectivity index (χ2n) is 5.32. The SMILES string of the molecule is O=C(O)CCSCCCC/C=C\CCCCCCCC[18F]. The molecule has 0 bridgehead atoms. The molecule has 0 saturated heterocycles. The van der Waals surface area contributed by atoms with Crippen molar-refractivity contribution in [1.82, 2.24) is 0 Å². The van der Waals surface area contributed by atoms with Gasteiger partial charge in [-0.05, 0) is 44.3 Å². The topological polar surface area (TPSA) is 37.3 Å². The zero-order chi connectivity index (χ0) is 15.6. The maximum atomic E-state index is 11.9. The summed E-state index contributed by atoms with van der Waals surface area (Å²) < 4.78 is 11.9. The van der Waals surface area contributed by atoms with Crippen molar-refractivity contribution in [3.8, 4) is 0 Å². The maximum absolute atomic E-state index is 11.9. The summed E-state index contributed by atoms with van der Waals surface area (Å²) in [5.41, 5.74) is 0. The highest BCUT2D eigenvalue weighted by molar-refractivity contribution is 7.99. The van der Waals surface area contributed by atoms with Crippen LogP contribution in [0, 0.1) is 0 Å². The number of aliphatic carboxylic acids is 1. The molecule has 0 radical (unpaired) electrons. The lowest BCUT2D eigenvalue weighted by Gasteiger charge is -1.99. The number of allylic oxidation sites excluding steroid dienone is 2. The summed E-state index contributed by atoms with van der Waals surface area (Å²) in [4.78, 5) is 10.3. The molecular weight excluding hydrogens is 286 g/mol. The first-order valence-electron chi connectivity index (χ1n) is 8.28. The molecule has 21 heavy (non-hydrogen) atoms. The van der Waals surface area contributed by atoms with Crippen LogP contribution in [0.5, 0.6) is 0 Å². The largest absolute Gasteiger partial charge is 0.481 e. The summed E-state index contributed by atoms with van der Waals surface area (Å²) in [5.74, 6) is 1.10. The second-order valence-corrected chi connectivity index (χ2v) is 6.55. The van der Waals surface area contributed by atoms with Crippen LogP contribution in [0.25, 0.3) is 0 Å². The summed E-state index contributed by atoms with van der Waals surface area (Å²) in [7, 11) is 0. The van der Waals surface area contributed by atoms with Crippen LogP contribution in [0.3, 0.4) is 0 Å². The molecule has 0 saturated carbocycles. The molecule has 0 unspecified atom stereocenters. The number of unbranched alkanes of at least 4 members (excludes halogenated alkanes) is 8. The number of thioether (sulfide) groups is 1. The van der Waals surface area contributed by atoms with E-state index < -0.39 is 5.97 Å². The Bertz CT molecular complexity index is 257. The normalized spacial score (nSPS) is 11.3. The average Bonchev–Trinajstić information content (AvgIpc) is 2.46. The van der Waals surface area contributed by atoms with Crippen molar-refractivity contribution >= 4 is 17.7 Å². The third-order valence-corrected chi connectivity index (χ3v) is 4.36. The Labute approximate surface area is 133 Å². The van der Waals surface area contributed by atoms with E-state index in [1.165, 1.54) is 38.5 Å². The number of carboxylic acids is 1. The van der Waals surface area contributed by atoms with E-state index in [1.54, 1.807) is 11.8 Å². The van der Waals surface area contributed by atoms with Crippen molar-refractivity contribution in [2.24, 2.45) is 0 Å². The van der Waals surface area contributed by atoms with Gasteiger partial charge < -0.3 is 5.11 Å². The van der Waals surface area contributed by atoms with Gasteiger partial charge in [0.1, 0.15) is 0 Å². The van der Waals surface area contributed by atoms with E-state index in [4.69, 9.17) is 5.11 Å². The molecule has 0 aliphatic rings. The molecular formula is C17H31FO2S. The van der Waals surface area contributed by atoms with Crippen LogP contribution in [0.15, 0.2) is 12.2 Å². The van der Waals surface area contributed by atoms with E-state index in [0.717, 1.165) is 37.2 Å². The molecule has 0 fully saturated rings. The molecule has 0 heterocycles. The third kappa shape index (κ3) is 19.5. The van der Waals surface area contributed by atoms with E-state index in [0.29, 0.717) is 0 Å². The molecule has 0 spiro atoms. The van der Waals surface area contributed by atoms with Crippen molar-refractivity contribution in [2.75, 3.05) is 18.2 Å². The van der Waals surface area contributed by atoms with Gasteiger partial charge in [-0.25, -0.2) is 0 Å². The summed E-state index contributed by atoms with van der Waals surface area (Å²) in [6.45, 7) is -0.166. The van der Waals surface area contributed by atoms with E-state index >= 15 is 0 Å². The van der Waals surface area contributed by atoms with E-state index in [-0.39, 0.29) is 13.1 Å². The number of hydrogen-bond donors (Lipinski definition) is 1. The Morgan fingerprint density at radius 3 is 2.05 bits per heavy atom. The van der Waals surface area contributed by atoms with Gasteiger partial charge in [-0.1, -0.05) is 37.8 Å². The molecule has 124 valence electrons. The monoisotopic (exact) mass is 317 g/mol. The van der Waals surface area contributed by atoms with Crippen molar-refractivity contribution in [3.05, 3.63) is 12.2 Å². The lowest BCUT2D eigenvalue weighted by molar-refractivity contribution is -0.136. The van der Waals surface area contributed by atoms with Crippen molar-refractivity contribution in [1.29, 1.82) is 0 Å². The van der Waals surface area contributed by atoms with Crippen LogP contribution >= 0.6 is 11.8 Å². The number of halogens is 1. The predicted molar refractivity (Wildman–Crippen MR) is 90.9 cm³/mol. The highest BCUT2D eigenvalue weighted by atomic mass is 32.2. The first kappa shape index (κ1) is 20.5. The number of carbonyl (C=O) groups is 1. The van der Waals surface area contributed by atoms with E-state index in [9.17, 15) is 9.18 Å². The fourth-order valence-electron chi connectivity index (χ4n) is 2.03. The highest BCUT2D eigenvalue weighted by Gasteiger charge is 1.96. The van der Waals surface area contributed by atoms with Gasteiger partial charge in [-0.2, -0.15) is 11.8 Å². The minimum atomic E-state index is -0.701. The first-order valence-corrected chi connectivity index (χ1v) is 9.43. The van der Waals surface area contributed by atoms with Crippen LogP contribution in [-0.4, -0.2) is 29.3 Å². The smallest absolute Gasteiger partial charge is 0.304 e. The highest BCUT2D eigenvalue weighted by Crippen LogP contribution is 2.10. The predicted octanol–water partition coefficient (Wildman–Crippen LogP) is 5.62. The molecule has 0 rings (SSSR count). The Kier molecular flexibility index (Phi) is 17.1. The summed E-state index contributed by atoms with van der Waals surface area (Å²) >= 11 is 1.74. The molecule has 1 N–H and O–H groups in total. The van der Waals surface area contributed by atoms with E-state index in [1.807, 2.05) is 0 Å². The zero-order valence-electron chi connectivity index (χ0n) is 13.2. The Hall–Kier alpha value is -0.510. The van der Waals surface area contributed by atoms with Gasteiger partial charge in [0.2, 0.25) is 0 Å². The van der Waals surface area contributed by atoms with E-state index in [2.05, 4.69) is 12.2 Å². The average molecular weight is 318 g/mol. The number of alkyl halides is 1. The Balaban J connectivity index is 3.07. The molecule has 2 nitrogen and oxygen atoms in total. The lowest BCUT2D eigenvalue weighted by atomic mass is 10.1. The minimum Gasteiger partial charge on any atom is -0.481 e. The molecule has 0 aromatic rings. The van der Waals surface area contributed by atoms with Crippen LogP contribution < -0.4 is 0 Å². The van der Waals surface area contributed by atoms with Crippen LogP contribution in [0.1, 0.15) is 70.6 Å². The third-order valence-electron chi connectivity index (χ3n) is 3.29. The number of carboxylic acid groups (broad SMARTS) is 1. The summed E-state index contributed by atoms with van der Waals surface area (Å²) in [6.07, 6.45) is 16.2. The zero-order valence-corrected chi connectivity index (χ0v) is 14.0. The Morgan fingerprint density at radius 2 is 1.43 bits per heavy atom. The molecule has 0 aromatic carbocycles. The van der Waals surface area contributed by atoms with Crippen molar-refractivity contribution in [3.63, 3.8) is 0 Å². The van der Waals surface area contributed by atoms with Crippen LogP contribution in [-0.2, 0) is 4.79 Å². The van der Waals surface area contributed by atoms with Crippen molar-refractivity contribution in [2.45, 2.75) is 70.6 Å². The van der Waals surface area contributed by atoms with Crippen LogP contribution in [0.4, 0.5) is 4.39 Å². The van der Waals surface area contributed by atoms with Gasteiger partial charge in [0.15, 0.2) is 0 Å². The van der Waals surface area contributed by atoms with Crippen molar-refractivity contribution < 1.29 is 14.3 Å².